The third-order valence-electron chi connectivity index (χ3n) is 2.98. The van der Waals surface area contributed by atoms with Crippen molar-refractivity contribution in [1.29, 1.82) is 0 Å². The average Bonchev–Trinajstić information content (AvgIpc) is 2.93. The van der Waals surface area contributed by atoms with Gasteiger partial charge in [-0.15, -0.1) is 0 Å². The maximum Gasteiger partial charge on any atom is 0.0712 e. The van der Waals surface area contributed by atoms with Crippen molar-refractivity contribution in [3.8, 4) is 0 Å². The summed E-state index contributed by atoms with van der Waals surface area (Å²) in [5, 5.41) is 3.27. The highest BCUT2D eigenvalue weighted by Crippen LogP contribution is 2.02. The molecule has 0 spiro atoms. The highest BCUT2D eigenvalue weighted by atomic mass is 16.6. The number of hydrogen-bond donors (Lipinski definition) is 1. The van der Waals surface area contributed by atoms with Crippen LogP contribution >= 0.6 is 0 Å². The normalized spacial score (nSPS) is 19.1. The van der Waals surface area contributed by atoms with E-state index in [2.05, 4.69) is 12.2 Å². The SMILES string of the molecule is CCCCOCCOCCOCCOC1CCNC1. The predicted molar refractivity (Wildman–Crippen MR) is 74.6 cm³/mol. The van der Waals surface area contributed by atoms with E-state index >= 15 is 0 Å². The van der Waals surface area contributed by atoms with Gasteiger partial charge < -0.3 is 24.3 Å². The summed E-state index contributed by atoms with van der Waals surface area (Å²) in [6, 6.07) is 0. The first-order valence-electron chi connectivity index (χ1n) is 7.49. The minimum absolute atomic E-state index is 0.375. The fourth-order valence-electron chi connectivity index (χ4n) is 1.83. The van der Waals surface area contributed by atoms with Crippen LogP contribution in [0.3, 0.4) is 0 Å². The van der Waals surface area contributed by atoms with Gasteiger partial charge in [0.1, 0.15) is 0 Å². The van der Waals surface area contributed by atoms with Gasteiger partial charge in [0.15, 0.2) is 0 Å². The van der Waals surface area contributed by atoms with Crippen molar-refractivity contribution in [2.45, 2.75) is 32.3 Å². The van der Waals surface area contributed by atoms with Gasteiger partial charge in [-0.25, -0.2) is 0 Å². The van der Waals surface area contributed by atoms with Crippen LogP contribution in [0.15, 0.2) is 0 Å². The molecule has 0 amide bonds. The third kappa shape index (κ3) is 10.3. The van der Waals surface area contributed by atoms with Crippen molar-refractivity contribution in [2.24, 2.45) is 0 Å². The lowest BCUT2D eigenvalue weighted by molar-refractivity contribution is -0.0147. The van der Waals surface area contributed by atoms with Gasteiger partial charge in [0.25, 0.3) is 0 Å². The smallest absolute Gasteiger partial charge is 0.0712 e. The Labute approximate surface area is 116 Å². The molecule has 0 bridgehead atoms. The zero-order valence-electron chi connectivity index (χ0n) is 12.2. The summed E-state index contributed by atoms with van der Waals surface area (Å²) in [5.41, 5.74) is 0. The Kier molecular flexibility index (Phi) is 11.4. The van der Waals surface area contributed by atoms with Gasteiger partial charge in [-0.05, 0) is 19.4 Å². The van der Waals surface area contributed by atoms with Gasteiger partial charge in [-0.1, -0.05) is 13.3 Å². The molecule has 0 saturated carbocycles. The van der Waals surface area contributed by atoms with E-state index in [1.54, 1.807) is 0 Å². The Hall–Kier alpha value is -0.200. The number of hydrogen-bond acceptors (Lipinski definition) is 5. The van der Waals surface area contributed by atoms with Gasteiger partial charge in [0.05, 0.1) is 45.7 Å². The van der Waals surface area contributed by atoms with Gasteiger partial charge in [0, 0.05) is 13.2 Å². The second-order valence-electron chi connectivity index (χ2n) is 4.68. The van der Waals surface area contributed by atoms with Crippen LogP contribution in [-0.4, -0.2) is 65.4 Å². The van der Waals surface area contributed by atoms with E-state index in [9.17, 15) is 0 Å². The van der Waals surface area contributed by atoms with Crippen LogP contribution in [0.4, 0.5) is 0 Å². The van der Waals surface area contributed by atoms with Crippen molar-refractivity contribution in [2.75, 3.05) is 59.3 Å². The molecule has 19 heavy (non-hydrogen) atoms. The van der Waals surface area contributed by atoms with Crippen LogP contribution in [0.2, 0.25) is 0 Å². The monoisotopic (exact) mass is 275 g/mol. The highest BCUT2D eigenvalue weighted by Gasteiger charge is 2.13. The molecule has 1 fully saturated rings. The lowest BCUT2D eigenvalue weighted by atomic mass is 10.3. The van der Waals surface area contributed by atoms with E-state index in [1.807, 2.05) is 0 Å². The quantitative estimate of drug-likeness (QED) is 0.512. The molecule has 1 saturated heterocycles. The zero-order valence-corrected chi connectivity index (χ0v) is 12.2. The Morgan fingerprint density at radius 3 is 2.11 bits per heavy atom. The molecule has 0 aromatic rings. The standard InChI is InChI=1S/C14H29NO4/c1-2-3-6-16-7-8-17-9-10-18-11-12-19-14-4-5-15-13-14/h14-15H,2-13H2,1H3. The Bertz CT molecular complexity index is 186. The molecule has 114 valence electrons. The fraction of sp³-hybridized carbons (Fsp3) is 1.00. The first-order valence-corrected chi connectivity index (χ1v) is 7.49. The molecule has 5 nitrogen and oxygen atoms in total. The molecule has 1 unspecified atom stereocenters. The molecule has 1 atom stereocenters. The van der Waals surface area contributed by atoms with Crippen molar-refractivity contribution < 1.29 is 18.9 Å². The minimum atomic E-state index is 0.375. The first-order chi connectivity index (χ1) is 9.43. The van der Waals surface area contributed by atoms with Crippen LogP contribution in [0.25, 0.3) is 0 Å². The maximum atomic E-state index is 5.64. The van der Waals surface area contributed by atoms with Crippen molar-refractivity contribution >= 4 is 0 Å². The molecular formula is C14H29NO4. The van der Waals surface area contributed by atoms with Crippen LogP contribution in [0, 0.1) is 0 Å². The maximum absolute atomic E-state index is 5.64. The Balaban J connectivity index is 1.67. The largest absolute Gasteiger partial charge is 0.379 e. The van der Waals surface area contributed by atoms with Crippen molar-refractivity contribution in [3.63, 3.8) is 0 Å². The van der Waals surface area contributed by atoms with E-state index in [-0.39, 0.29) is 0 Å². The first kappa shape index (κ1) is 16.9. The molecule has 0 radical (unpaired) electrons. The molecule has 0 aliphatic carbocycles. The summed E-state index contributed by atoms with van der Waals surface area (Å²) in [5.74, 6) is 0. The van der Waals surface area contributed by atoms with Gasteiger partial charge in [-0.2, -0.15) is 0 Å². The molecule has 0 aromatic heterocycles. The lowest BCUT2D eigenvalue weighted by Gasteiger charge is -2.10. The summed E-state index contributed by atoms with van der Waals surface area (Å²) in [6.45, 7) is 8.94. The van der Waals surface area contributed by atoms with E-state index in [0.29, 0.717) is 45.7 Å². The summed E-state index contributed by atoms with van der Waals surface area (Å²) >= 11 is 0. The number of ether oxygens (including phenoxy) is 4. The summed E-state index contributed by atoms with van der Waals surface area (Å²) < 4.78 is 21.8. The molecule has 1 aliphatic heterocycles. The number of rotatable bonds is 13. The summed E-state index contributed by atoms with van der Waals surface area (Å²) in [7, 11) is 0. The van der Waals surface area contributed by atoms with Gasteiger partial charge in [-0.3, -0.25) is 0 Å². The van der Waals surface area contributed by atoms with Crippen molar-refractivity contribution in [1.82, 2.24) is 5.32 Å². The topological polar surface area (TPSA) is 49.0 Å². The highest BCUT2D eigenvalue weighted by molar-refractivity contribution is 4.70. The molecular weight excluding hydrogens is 246 g/mol. The molecule has 1 aliphatic rings. The van der Waals surface area contributed by atoms with Crippen LogP contribution in [0.1, 0.15) is 26.2 Å². The molecule has 5 heteroatoms. The molecule has 1 rings (SSSR count). The number of unbranched alkanes of at least 4 members (excludes halogenated alkanes) is 1. The predicted octanol–water partition coefficient (Wildman–Crippen LogP) is 1.21. The average molecular weight is 275 g/mol. The lowest BCUT2D eigenvalue weighted by Crippen LogP contribution is -2.19. The van der Waals surface area contributed by atoms with Crippen molar-refractivity contribution in [3.05, 3.63) is 0 Å². The third-order valence-corrected chi connectivity index (χ3v) is 2.98. The van der Waals surface area contributed by atoms with Gasteiger partial charge >= 0.3 is 0 Å². The van der Waals surface area contributed by atoms with Crippen LogP contribution in [0.5, 0.6) is 0 Å². The Morgan fingerprint density at radius 1 is 0.895 bits per heavy atom. The summed E-state index contributed by atoms with van der Waals surface area (Å²) in [6.07, 6.45) is 3.79. The zero-order chi connectivity index (χ0) is 13.6. The van der Waals surface area contributed by atoms with Crippen LogP contribution < -0.4 is 5.32 Å². The molecule has 1 heterocycles. The second kappa shape index (κ2) is 12.8. The summed E-state index contributed by atoms with van der Waals surface area (Å²) in [4.78, 5) is 0. The Morgan fingerprint density at radius 2 is 1.53 bits per heavy atom. The molecule has 1 N–H and O–H groups in total. The second-order valence-corrected chi connectivity index (χ2v) is 4.68. The number of nitrogens with one attached hydrogen (secondary N) is 1. The van der Waals surface area contributed by atoms with E-state index in [4.69, 9.17) is 18.9 Å². The van der Waals surface area contributed by atoms with E-state index in [1.165, 1.54) is 6.42 Å². The fourth-order valence-corrected chi connectivity index (χ4v) is 1.83. The van der Waals surface area contributed by atoms with Gasteiger partial charge in [0.2, 0.25) is 0 Å². The molecule has 0 aromatic carbocycles. The van der Waals surface area contributed by atoms with E-state index < -0.39 is 0 Å². The van der Waals surface area contributed by atoms with E-state index in [0.717, 1.165) is 32.5 Å². The van der Waals surface area contributed by atoms with Crippen LogP contribution in [-0.2, 0) is 18.9 Å². The minimum Gasteiger partial charge on any atom is -0.379 e.